The van der Waals surface area contributed by atoms with Crippen LogP contribution in [-0.2, 0) is 14.8 Å². The lowest BCUT2D eigenvalue weighted by atomic mass is 10.1. The number of carbonyl (C=O) groups excluding carboxylic acids is 1. The van der Waals surface area contributed by atoms with Crippen molar-refractivity contribution in [2.45, 2.75) is 32.9 Å². The molecule has 2 aromatic carbocycles. The van der Waals surface area contributed by atoms with Gasteiger partial charge in [0.1, 0.15) is 11.8 Å². The van der Waals surface area contributed by atoms with E-state index in [0.29, 0.717) is 29.5 Å². The minimum Gasteiger partial charge on any atom is -0.494 e. The van der Waals surface area contributed by atoms with Gasteiger partial charge in [0.25, 0.3) is 0 Å². The fourth-order valence-corrected chi connectivity index (χ4v) is 4.38. The molecule has 8 nitrogen and oxygen atoms in total. The van der Waals surface area contributed by atoms with E-state index in [1.807, 2.05) is 19.9 Å². The average Bonchev–Trinajstić information content (AvgIpc) is 2.73. The summed E-state index contributed by atoms with van der Waals surface area (Å²) < 4.78 is 42.0. The number of amides is 1. The molecule has 0 radical (unpaired) electrons. The molecule has 0 aliphatic heterocycles. The standard InChI is InChI=1S/C22H30N2O6S/c1-7-30-19-11-9-18(10-12-19)24(31(6,26)27)16(3)22(25)23-15(2)17-8-13-20(28-4)21(14-17)29-5/h8-16H,7H2,1-6H3,(H,23,25). The van der Waals surface area contributed by atoms with E-state index in [1.165, 1.54) is 7.11 Å². The number of nitrogens with one attached hydrogen (secondary N) is 1. The van der Waals surface area contributed by atoms with Crippen LogP contribution in [0.15, 0.2) is 42.5 Å². The number of carbonyl (C=O) groups is 1. The van der Waals surface area contributed by atoms with E-state index in [9.17, 15) is 13.2 Å². The Labute approximate surface area is 184 Å². The highest BCUT2D eigenvalue weighted by Gasteiger charge is 2.30. The van der Waals surface area contributed by atoms with Crippen molar-refractivity contribution in [3.8, 4) is 17.2 Å². The normalized spacial score (nSPS) is 13.1. The Bertz CT molecular complexity index is 992. The molecule has 0 aromatic heterocycles. The summed E-state index contributed by atoms with van der Waals surface area (Å²) >= 11 is 0. The lowest BCUT2D eigenvalue weighted by Gasteiger charge is -2.29. The van der Waals surface area contributed by atoms with E-state index >= 15 is 0 Å². The summed E-state index contributed by atoms with van der Waals surface area (Å²) in [6.07, 6.45) is 1.07. The maximum Gasteiger partial charge on any atom is 0.244 e. The van der Waals surface area contributed by atoms with Crippen LogP contribution in [0.25, 0.3) is 0 Å². The monoisotopic (exact) mass is 450 g/mol. The van der Waals surface area contributed by atoms with Gasteiger partial charge in [0.2, 0.25) is 15.9 Å². The number of nitrogens with zero attached hydrogens (tertiary/aromatic N) is 1. The number of sulfonamides is 1. The lowest BCUT2D eigenvalue weighted by molar-refractivity contribution is -0.122. The Morgan fingerprint density at radius 3 is 2.16 bits per heavy atom. The Morgan fingerprint density at radius 1 is 1.03 bits per heavy atom. The van der Waals surface area contributed by atoms with Crippen molar-refractivity contribution in [2.75, 3.05) is 31.4 Å². The molecule has 0 saturated heterocycles. The number of hydrogen-bond donors (Lipinski definition) is 1. The van der Waals surface area contributed by atoms with E-state index in [2.05, 4.69) is 5.32 Å². The van der Waals surface area contributed by atoms with Crippen LogP contribution in [-0.4, -0.2) is 47.4 Å². The molecule has 0 saturated carbocycles. The van der Waals surface area contributed by atoms with Gasteiger partial charge in [-0.2, -0.15) is 0 Å². The first-order valence-electron chi connectivity index (χ1n) is 9.86. The molecule has 9 heteroatoms. The molecule has 0 bridgehead atoms. The number of benzene rings is 2. The van der Waals surface area contributed by atoms with Crippen LogP contribution in [0.5, 0.6) is 17.2 Å². The smallest absolute Gasteiger partial charge is 0.244 e. The van der Waals surface area contributed by atoms with Gasteiger partial charge in [0.15, 0.2) is 11.5 Å². The zero-order valence-corrected chi connectivity index (χ0v) is 19.5. The number of hydrogen-bond acceptors (Lipinski definition) is 6. The van der Waals surface area contributed by atoms with Crippen molar-refractivity contribution in [2.24, 2.45) is 0 Å². The fraction of sp³-hybridized carbons (Fsp3) is 0.409. The molecule has 2 unspecified atom stereocenters. The van der Waals surface area contributed by atoms with Gasteiger partial charge in [-0.1, -0.05) is 6.07 Å². The zero-order chi connectivity index (χ0) is 23.2. The predicted molar refractivity (Wildman–Crippen MR) is 120 cm³/mol. The molecular weight excluding hydrogens is 420 g/mol. The molecule has 31 heavy (non-hydrogen) atoms. The molecule has 0 fully saturated rings. The third-order valence-electron chi connectivity index (χ3n) is 4.76. The van der Waals surface area contributed by atoms with Crippen LogP contribution in [0.4, 0.5) is 5.69 Å². The maximum atomic E-state index is 12.9. The molecule has 1 amide bonds. The Morgan fingerprint density at radius 2 is 1.65 bits per heavy atom. The van der Waals surface area contributed by atoms with Crippen LogP contribution < -0.4 is 23.8 Å². The van der Waals surface area contributed by atoms with Crippen molar-refractivity contribution in [1.82, 2.24) is 5.32 Å². The van der Waals surface area contributed by atoms with Gasteiger partial charge < -0.3 is 19.5 Å². The highest BCUT2D eigenvalue weighted by molar-refractivity contribution is 7.92. The van der Waals surface area contributed by atoms with Gasteiger partial charge in [-0.05, 0) is 62.7 Å². The highest BCUT2D eigenvalue weighted by Crippen LogP contribution is 2.30. The van der Waals surface area contributed by atoms with Crippen LogP contribution in [0, 0.1) is 0 Å². The predicted octanol–water partition coefficient (Wildman–Crippen LogP) is 3.13. The molecule has 0 aliphatic rings. The topological polar surface area (TPSA) is 94.2 Å². The summed E-state index contributed by atoms with van der Waals surface area (Å²) in [5, 5.41) is 2.87. The second-order valence-corrected chi connectivity index (χ2v) is 8.87. The maximum absolute atomic E-state index is 12.9. The lowest BCUT2D eigenvalue weighted by Crippen LogP contribution is -2.48. The second-order valence-electron chi connectivity index (χ2n) is 7.01. The van der Waals surface area contributed by atoms with Crippen molar-refractivity contribution in [3.05, 3.63) is 48.0 Å². The van der Waals surface area contributed by atoms with Crippen LogP contribution in [0.2, 0.25) is 0 Å². The zero-order valence-electron chi connectivity index (χ0n) is 18.7. The summed E-state index contributed by atoms with van der Waals surface area (Å²) in [5.74, 6) is 1.32. The SMILES string of the molecule is CCOc1ccc(N(C(C)C(=O)NC(C)c2ccc(OC)c(OC)c2)S(C)(=O)=O)cc1. The van der Waals surface area contributed by atoms with Gasteiger partial charge in [0, 0.05) is 0 Å². The molecule has 2 atom stereocenters. The molecule has 170 valence electrons. The molecule has 2 rings (SSSR count). The van der Waals surface area contributed by atoms with E-state index in [-0.39, 0.29) is 6.04 Å². The third-order valence-corrected chi connectivity index (χ3v) is 6.00. The Hall–Kier alpha value is -2.94. The first-order chi connectivity index (χ1) is 14.6. The minimum atomic E-state index is -3.71. The third kappa shape index (κ3) is 6.04. The number of anilines is 1. The minimum absolute atomic E-state index is 0.378. The van der Waals surface area contributed by atoms with E-state index < -0.39 is 22.0 Å². The molecular formula is C22H30N2O6S. The van der Waals surface area contributed by atoms with Crippen LogP contribution >= 0.6 is 0 Å². The average molecular weight is 451 g/mol. The van der Waals surface area contributed by atoms with E-state index in [0.717, 1.165) is 16.1 Å². The Balaban J connectivity index is 2.23. The van der Waals surface area contributed by atoms with Crippen molar-refractivity contribution >= 4 is 21.6 Å². The number of methoxy groups -OCH3 is 2. The van der Waals surface area contributed by atoms with Gasteiger partial charge in [0.05, 0.1) is 38.8 Å². The quantitative estimate of drug-likeness (QED) is 0.598. The number of ether oxygens (including phenoxy) is 3. The molecule has 0 aliphatic carbocycles. The summed E-state index contributed by atoms with van der Waals surface area (Å²) in [4.78, 5) is 12.9. The first kappa shape index (κ1) is 24.3. The molecule has 0 spiro atoms. The fourth-order valence-electron chi connectivity index (χ4n) is 3.20. The van der Waals surface area contributed by atoms with Gasteiger partial charge in [-0.15, -0.1) is 0 Å². The largest absolute Gasteiger partial charge is 0.494 e. The summed E-state index contributed by atoms with van der Waals surface area (Å²) in [6, 6.07) is 10.6. The summed E-state index contributed by atoms with van der Waals surface area (Å²) in [5.41, 5.74) is 1.18. The molecule has 0 heterocycles. The van der Waals surface area contributed by atoms with E-state index in [4.69, 9.17) is 14.2 Å². The van der Waals surface area contributed by atoms with Crippen molar-refractivity contribution < 1.29 is 27.4 Å². The summed E-state index contributed by atoms with van der Waals surface area (Å²) in [6.45, 7) is 5.73. The number of rotatable bonds is 10. The van der Waals surface area contributed by atoms with Crippen LogP contribution in [0.1, 0.15) is 32.4 Å². The molecule has 1 N–H and O–H groups in total. The first-order valence-corrected chi connectivity index (χ1v) is 11.7. The second kappa shape index (κ2) is 10.4. The van der Waals surface area contributed by atoms with Gasteiger partial charge >= 0.3 is 0 Å². The van der Waals surface area contributed by atoms with Gasteiger partial charge in [-0.25, -0.2) is 8.42 Å². The highest BCUT2D eigenvalue weighted by atomic mass is 32.2. The van der Waals surface area contributed by atoms with Crippen molar-refractivity contribution in [3.63, 3.8) is 0 Å². The summed E-state index contributed by atoms with van der Waals surface area (Å²) in [7, 11) is -0.630. The Kier molecular flexibility index (Phi) is 8.15. The van der Waals surface area contributed by atoms with Crippen molar-refractivity contribution in [1.29, 1.82) is 0 Å². The molecule has 2 aromatic rings. The van der Waals surface area contributed by atoms with Crippen LogP contribution in [0.3, 0.4) is 0 Å². The van der Waals surface area contributed by atoms with Gasteiger partial charge in [-0.3, -0.25) is 9.10 Å². The van der Waals surface area contributed by atoms with E-state index in [1.54, 1.807) is 50.4 Å².